The Bertz CT molecular complexity index is 509. The van der Waals surface area contributed by atoms with Crippen molar-refractivity contribution in [3.05, 3.63) is 35.4 Å². The van der Waals surface area contributed by atoms with Crippen molar-refractivity contribution in [1.29, 1.82) is 0 Å². The zero-order valence-corrected chi connectivity index (χ0v) is 13.8. The van der Waals surface area contributed by atoms with E-state index in [2.05, 4.69) is 0 Å². The summed E-state index contributed by atoms with van der Waals surface area (Å²) in [4.78, 5) is 13.7. The van der Waals surface area contributed by atoms with E-state index >= 15 is 0 Å². The Labute approximate surface area is 140 Å². The van der Waals surface area contributed by atoms with Crippen molar-refractivity contribution in [2.45, 2.75) is 44.3 Å². The van der Waals surface area contributed by atoms with Crippen molar-refractivity contribution in [3.63, 3.8) is 0 Å². The maximum Gasteiger partial charge on any atom is 0.416 e. The Kier molecular flexibility index (Phi) is 6.89. The number of halogens is 4. The Balaban J connectivity index is 0.00000264. The summed E-state index contributed by atoms with van der Waals surface area (Å²) in [5, 5.41) is 0. The fourth-order valence-corrected chi connectivity index (χ4v) is 2.81. The first-order chi connectivity index (χ1) is 10.3. The van der Waals surface area contributed by atoms with Gasteiger partial charge in [-0.1, -0.05) is 12.1 Å². The van der Waals surface area contributed by atoms with Gasteiger partial charge in [-0.25, -0.2) is 0 Å². The molecular formula is C16H22ClF3N2O. The van der Waals surface area contributed by atoms with Gasteiger partial charge in [0, 0.05) is 25.6 Å². The zero-order chi connectivity index (χ0) is 16.3. The predicted molar refractivity (Wildman–Crippen MR) is 85.5 cm³/mol. The summed E-state index contributed by atoms with van der Waals surface area (Å²) >= 11 is 0. The largest absolute Gasteiger partial charge is 0.416 e. The van der Waals surface area contributed by atoms with Crippen LogP contribution in [-0.2, 0) is 11.0 Å². The standard InChI is InChI=1S/C16H21F3N2O.ClH/c1-11(20)10-15(22)21-8-6-13(7-9-21)12-2-4-14(5-3-12)16(17,18)19;/h2-5,11,13H,6-10,20H2,1H3;1H. The van der Waals surface area contributed by atoms with Crippen molar-refractivity contribution in [2.24, 2.45) is 5.73 Å². The molecule has 0 spiro atoms. The number of alkyl halides is 3. The van der Waals surface area contributed by atoms with E-state index in [0.29, 0.717) is 19.5 Å². The van der Waals surface area contributed by atoms with Gasteiger partial charge in [0.2, 0.25) is 5.91 Å². The molecule has 1 aliphatic heterocycles. The second-order valence-corrected chi connectivity index (χ2v) is 5.96. The van der Waals surface area contributed by atoms with Crippen LogP contribution in [0, 0.1) is 0 Å². The minimum atomic E-state index is -4.30. The summed E-state index contributed by atoms with van der Waals surface area (Å²) in [6, 6.07) is 5.20. The molecule has 2 rings (SSSR count). The molecule has 1 aliphatic rings. The number of likely N-dealkylation sites (tertiary alicyclic amines) is 1. The number of rotatable bonds is 3. The minimum Gasteiger partial charge on any atom is -0.343 e. The number of nitrogens with zero attached hydrogens (tertiary/aromatic N) is 1. The van der Waals surface area contributed by atoms with Crippen molar-refractivity contribution >= 4 is 18.3 Å². The molecule has 2 N–H and O–H groups in total. The molecule has 3 nitrogen and oxygen atoms in total. The first-order valence-corrected chi connectivity index (χ1v) is 7.48. The lowest BCUT2D eigenvalue weighted by molar-refractivity contribution is -0.137. The van der Waals surface area contributed by atoms with Crippen LogP contribution in [0.1, 0.15) is 43.2 Å². The van der Waals surface area contributed by atoms with E-state index in [0.717, 1.165) is 30.5 Å². The second-order valence-electron chi connectivity index (χ2n) is 5.96. The van der Waals surface area contributed by atoms with Crippen LogP contribution in [0.2, 0.25) is 0 Å². The van der Waals surface area contributed by atoms with E-state index in [9.17, 15) is 18.0 Å². The highest BCUT2D eigenvalue weighted by Gasteiger charge is 2.30. The number of hydrogen-bond acceptors (Lipinski definition) is 2. The average molecular weight is 351 g/mol. The van der Waals surface area contributed by atoms with E-state index in [1.54, 1.807) is 24.0 Å². The summed E-state index contributed by atoms with van der Waals surface area (Å²) < 4.78 is 37.7. The molecule has 0 aromatic heterocycles. The van der Waals surface area contributed by atoms with Crippen LogP contribution < -0.4 is 5.73 Å². The van der Waals surface area contributed by atoms with E-state index in [1.165, 1.54) is 0 Å². The number of piperidine rings is 1. The van der Waals surface area contributed by atoms with Crippen LogP contribution in [0.3, 0.4) is 0 Å². The first-order valence-electron chi connectivity index (χ1n) is 7.48. The molecular weight excluding hydrogens is 329 g/mol. The van der Waals surface area contributed by atoms with Crippen LogP contribution in [0.25, 0.3) is 0 Å². The molecule has 1 saturated heterocycles. The minimum absolute atomic E-state index is 0. The monoisotopic (exact) mass is 350 g/mol. The molecule has 0 saturated carbocycles. The first kappa shape index (κ1) is 19.8. The molecule has 1 heterocycles. The van der Waals surface area contributed by atoms with Crippen LogP contribution in [0.4, 0.5) is 13.2 Å². The molecule has 1 atom stereocenters. The maximum absolute atomic E-state index is 12.6. The molecule has 1 fully saturated rings. The average Bonchev–Trinajstić information content (AvgIpc) is 2.46. The van der Waals surface area contributed by atoms with E-state index in [-0.39, 0.29) is 30.3 Å². The summed E-state index contributed by atoms with van der Waals surface area (Å²) in [5.41, 5.74) is 5.91. The third-order valence-electron chi connectivity index (χ3n) is 4.05. The van der Waals surface area contributed by atoms with Crippen LogP contribution >= 0.6 is 12.4 Å². The molecule has 1 amide bonds. The summed E-state index contributed by atoms with van der Waals surface area (Å²) in [6.07, 6.45) is -2.41. The van der Waals surface area contributed by atoms with Gasteiger partial charge in [-0.3, -0.25) is 4.79 Å². The Hall–Kier alpha value is -1.27. The number of amides is 1. The number of nitrogens with two attached hydrogens (primary N) is 1. The van der Waals surface area contributed by atoms with Crippen molar-refractivity contribution < 1.29 is 18.0 Å². The smallest absolute Gasteiger partial charge is 0.343 e. The lowest BCUT2D eigenvalue weighted by Gasteiger charge is -2.32. The quantitative estimate of drug-likeness (QED) is 0.905. The van der Waals surface area contributed by atoms with Crippen LogP contribution in [0.15, 0.2) is 24.3 Å². The Morgan fingerprint density at radius 3 is 2.22 bits per heavy atom. The van der Waals surface area contributed by atoms with Crippen molar-refractivity contribution in [1.82, 2.24) is 4.90 Å². The number of benzene rings is 1. The second kappa shape index (κ2) is 8.02. The fraction of sp³-hybridized carbons (Fsp3) is 0.562. The highest BCUT2D eigenvalue weighted by Crippen LogP contribution is 2.32. The van der Waals surface area contributed by atoms with Gasteiger partial charge in [0.25, 0.3) is 0 Å². The highest BCUT2D eigenvalue weighted by molar-refractivity contribution is 5.85. The van der Waals surface area contributed by atoms with Gasteiger partial charge >= 0.3 is 6.18 Å². The predicted octanol–water partition coefficient (Wildman–Crippen LogP) is 3.57. The zero-order valence-electron chi connectivity index (χ0n) is 13.0. The molecule has 130 valence electrons. The van der Waals surface area contributed by atoms with Crippen molar-refractivity contribution in [2.75, 3.05) is 13.1 Å². The third kappa shape index (κ3) is 5.39. The lowest BCUT2D eigenvalue weighted by atomic mass is 9.89. The molecule has 23 heavy (non-hydrogen) atoms. The Morgan fingerprint density at radius 2 is 1.78 bits per heavy atom. The topological polar surface area (TPSA) is 46.3 Å². The molecule has 0 bridgehead atoms. The van der Waals surface area contributed by atoms with Gasteiger partial charge in [-0.2, -0.15) is 13.2 Å². The van der Waals surface area contributed by atoms with E-state index < -0.39 is 11.7 Å². The summed E-state index contributed by atoms with van der Waals surface area (Å²) in [7, 11) is 0. The normalized spacial score (nSPS) is 17.5. The fourth-order valence-electron chi connectivity index (χ4n) is 2.81. The highest BCUT2D eigenvalue weighted by atomic mass is 35.5. The van der Waals surface area contributed by atoms with Crippen molar-refractivity contribution in [3.8, 4) is 0 Å². The number of carbonyl (C=O) groups excluding carboxylic acids is 1. The molecule has 0 radical (unpaired) electrons. The third-order valence-corrected chi connectivity index (χ3v) is 4.05. The number of carbonyl (C=O) groups is 1. The summed E-state index contributed by atoms with van der Waals surface area (Å²) in [5.74, 6) is 0.266. The van der Waals surface area contributed by atoms with Crippen LogP contribution in [-0.4, -0.2) is 29.9 Å². The molecule has 1 aromatic carbocycles. The van der Waals surface area contributed by atoms with Crippen LogP contribution in [0.5, 0.6) is 0 Å². The lowest BCUT2D eigenvalue weighted by Crippen LogP contribution is -2.40. The number of hydrogen-bond donors (Lipinski definition) is 1. The summed E-state index contributed by atoms with van der Waals surface area (Å²) in [6.45, 7) is 3.07. The van der Waals surface area contributed by atoms with E-state index in [4.69, 9.17) is 5.73 Å². The SMILES string of the molecule is CC(N)CC(=O)N1CCC(c2ccc(C(F)(F)F)cc2)CC1.Cl. The van der Waals surface area contributed by atoms with Gasteiger partial charge < -0.3 is 10.6 Å². The molecule has 1 aromatic rings. The van der Waals surface area contributed by atoms with E-state index in [1.807, 2.05) is 0 Å². The molecule has 1 unspecified atom stereocenters. The van der Waals surface area contributed by atoms with Gasteiger partial charge in [0.15, 0.2) is 0 Å². The van der Waals surface area contributed by atoms with Gasteiger partial charge in [0.1, 0.15) is 0 Å². The molecule has 0 aliphatic carbocycles. The van der Waals surface area contributed by atoms with Gasteiger partial charge in [0.05, 0.1) is 5.56 Å². The Morgan fingerprint density at radius 1 is 1.26 bits per heavy atom. The van der Waals surface area contributed by atoms with Gasteiger partial charge in [-0.15, -0.1) is 12.4 Å². The maximum atomic E-state index is 12.6. The molecule has 7 heteroatoms. The van der Waals surface area contributed by atoms with Gasteiger partial charge in [-0.05, 0) is 43.4 Å².